The van der Waals surface area contributed by atoms with Crippen molar-refractivity contribution < 1.29 is 18.3 Å². The molecule has 1 aliphatic rings. The van der Waals surface area contributed by atoms with Gasteiger partial charge in [-0.25, -0.2) is 22.9 Å². The van der Waals surface area contributed by atoms with E-state index in [9.17, 15) is 13.2 Å². The molecule has 3 N–H and O–H groups in total. The van der Waals surface area contributed by atoms with Crippen LogP contribution in [0.15, 0.2) is 18.2 Å². The molecule has 2 rings (SSSR count). The Hall–Kier alpha value is -1.67. The Labute approximate surface area is 123 Å². The Morgan fingerprint density at radius 3 is 2.86 bits per heavy atom. The fourth-order valence-corrected chi connectivity index (χ4v) is 3.46. The first-order valence-corrected chi connectivity index (χ1v) is 8.66. The SMILES string of the molecule is CS(=O)(=O)NC1CCCC1CNc1cccc(C(=O)O)n1. The number of anilines is 1. The number of hydrogen-bond donors (Lipinski definition) is 3. The highest BCUT2D eigenvalue weighted by molar-refractivity contribution is 7.88. The van der Waals surface area contributed by atoms with Crippen LogP contribution in [0.3, 0.4) is 0 Å². The molecule has 1 aromatic heterocycles. The maximum Gasteiger partial charge on any atom is 0.354 e. The van der Waals surface area contributed by atoms with E-state index in [1.807, 2.05) is 0 Å². The molecule has 0 radical (unpaired) electrons. The number of rotatable bonds is 6. The van der Waals surface area contributed by atoms with Gasteiger partial charge in [0.05, 0.1) is 6.26 Å². The third-order valence-electron chi connectivity index (χ3n) is 3.54. The van der Waals surface area contributed by atoms with Crippen LogP contribution in [-0.2, 0) is 10.0 Å². The predicted molar refractivity (Wildman–Crippen MR) is 78.8 cm³/mol. The maximum absolute atomic E-state index is 11.3. The molecule has 1 heterocycles. The van der Waals surface area contributed by atoms with Gasteiger partial charge in [0, 0.05) is 12.6 Å². The molecule has 0 saturated heterocycles. The molecule has 1 aromatic rings. The molecule has 2 atom stereocenters. The molecule has 2 unspecified atom stereocenters. The van der Waals surface area contributed by atoms with Crippen molar-refractivity contribution in [2.45, 2.75) is 25.3 Å². The molecule has 1 fully saturated rings. The van der Waals surface area contributed by atoms with E-state index >= 15 is 0 Å². The molecule has 116 valence electrons. The third kappa shape index (κ3) is 4.68. The van der Waals surface area contributed by atoms with Crippen molar-refractivity contribution in [2.75, 3.05) is 18.1 Å². The number of nitrogens with one attached hydrogen (secondary N) is 2. The minimum atomic E-state index is -3.21. The van der Waals surface area contributed by atoms with Gasteiger partial charge in [0.1, 0.15) is 5.82 Å². The monoisotopic (exact) mass is 313 g/mol. The number of nitrogens with zero attached hydrogens (tertiary/aromatic N) is 1. The van der Waals surface area contributed by atoms with Crippen molar-refractivity contribution in [3.8, 4) is 0 Å². The Morgan fingerprint density at radius 1 is 1.43 bits per heavy atom. The summed E-state index contributed by atoms with van der Waals surface area (Å²) in [6.45, 7) is 0.559. The van der Waals surface area contributed by atoms with Gasteiger partial charge in [-0.2, -0.15) is 0 Å². The minimum absolute atomic E-state index is 0.0165. The summed E-state index contributed by atoms with van der Waals surface area (Å²) < 4.78 is 25.3. The van der Waals surface area contributed by atoms with Gasteiger partial charge in [-0.15, -0.1) is 0 Å². The number of carboxylic acids is 1. The van der Waals surface area contributed by atoms with Crippen molar-refractivity contribution in [1.82, 2.24) is 9.71 Å². The molecular weight excluding hydrogens is 294 g/mol. The summed E-state index contributed by atoms with van der Waals surface area (Å²) in [5.41, 5.74) is -0.0165. The van der Waals surface area contributed by atoms with Gasteiger partial charge >= 0.3 is 5.97 Å². The molecule has 0 bridgehead atoms. The van der Waals surface area contributed by atoms with E-state index in [0.29, 0.717) is 12.4 Å². The zero-order valence-electron chi connectivity index (χ0n) is 11.7. The lowest BCUT2D eigenvalue weighted by atomic mass is 10.0. The largest absolute Gasteiger partial charge is 0.477 e. The van der Waals surface area contributed by atoms with E-state index in [1.165, 1.54) is 6.07 Å². The number of sulfonamides is 1. The lowest BCUT2D eigenvalue weighted by Gasteiger charge is -2.20. The topological polar surface area (TPSA) is 108 Å². The highest BCUT2D eigenvalue weighted by Crippen LogP contribution is 2.26. The number of carbonyl (C=O) groups is 1. The van der Waals surface area contributed by atoms with E-state index in [1.54, 1.807) is 12.1 Å². The molecule has 0 aromatic carbocycles. The summed E-state index contributed by atoms with van der Waals surface area (Å²) in [5, 5.41) is 12.0. The van der Waals surface area contributed by atoms with Crippen LogP contribution in [-0.4, -0.2) is 43.3 Å². The molecule has 0 spiro atoms. The lowest BCUT2D eigenvalue weighted by Crippen LogP contribution is -2.39. The minimum Gasteiger partial charge on any atom is -0.477 e. The van der Waals surface area contributed by atoms with E-state index in [4.69, 9.17) is 5.11 Å². The first kappa shape index (κ1) is 15.7. The Kier molecular flexibility index (Phi) is 4.79. The fraction of sp³-hybridized carbons (Fsp3) is 0.538. The van der Waals surface area contributed by atoms with Gasteiger partial charge in [-0.3, -0.25) is 0 Å². The second-order valence-corrected chi connectivity index (χ2v) is 7.06. The van der Waals surface area contributed by atoms with Crippen molar-refractivity contribution >= 4 is 21.8 Å². The number of hydrogen-bond acceptors (Lipinski definition) is 5. The van der Waals surface area contributed by atoms with E-state index in [0.717, 1.165) is 25.5 Å². The number of carboxylic acid groups (broad SMARTS) is 1. The first-order valence-electron chi connectivity index (χ1n) is 6.76. The molecule has 0 aliphatic heterocycles. The molecule has 1 aliphatic carbocycles. The van der Waals surface area contributed by atoms with Crippen LogP contribution in [0.5, 0.6) is 0 Å². The Morgan fingerprint density at radius 2 is 2.19 bits per heavy atom. The summed E-state index contributed by atoms with van der Waals surface area (Å²) in [5.74, 6) is -0.411. The highest BCUT2D eigenvalue weighted by Gasteiger charge is 2.29. The highest BCUT2D eigenvalue weighted by atomic mass is 32.2. The number of aromatic carboxylic acids is 1. The molecular formula is C13H19N3O4S. The van der Waals surface area contributed by atoms with E-state index < -0.39 is 16.0 Å². The molecule has 8 heteroatoms. The zero-order chi connectivity index (χ0) is 15.5. The van der Waals surface area contributed by atoms with E-state index in [-0.39, 0.29) is 17.7 Å². The van der Waals surface area contributed by atoms with Crippen LogP contribution in [0.1, 0.15) is 29.8 Å². The standard InChI is InChI=1S/C13H19N3O4S/c1-21(19,20)16-10-5-2-4-9(10)8-14-12-7-3-6-11(15-12)13(17)18/h3,6-7,9-10,16H,2,4-5,8H2,1H3,(H,14,15)(H,17,18). The summed E-state index contributed by atoms with van der Waals surface area (Å²) >= 11 is 0. The van der Waals surface area contributed by atoms with Crippen LogP contribution in [0.4, 0.5) is 5.82 Å². The quantitative estimate of drug-likeness (QED) is 0.720. The molecule has 21 heavy (non-hydrogen) atoms. The number of aromatic nitrogens is 1. The van der Waals surface area contributed by atoms with E-state index in [2.05, 4.69) is 15.0 Å². The Bertz CT molecular complexity index is 618. The van der Waals surface area contributed by atoms with Gasteiger partial charge in [0.15, 0.2) is 5.69 Å². The lowest BCUT2D eigenvalue weighted by molar-refractivity contribution is 0.0690. The number of pyridine rings is 1. The van der Waals surface area contributed by atoms with Crippen molar-refractivity contribution in [3.63, 3.8) is 0 Å². The maximum atomic E-state index is 11.3. The van der Waals surface area contributed by atoms with Gasteiger partial charge in [0.2, 0.25) is 10.0 Å². The average molecular weight is 313 g/mol. The molecule has 0 amide bonds. The van der Waals surface area contributed by atoms with Crippen LogP contribution in [0, 0.1) is 5.92 Å². The summed E-state index contributed by atoms with van der Waals surface area (Å²) in [6.07, 6.45) is 3.89. The third-order valence-corrected chi connectivity index (χ3v) is 4.27. The fourth-order valence-electron chi connectivity index (χ4n) is 2.60. The summed E-state index contributed by atoms with van der Waals surface area (Å²) in [7, 11) is -3.21. The van der Waals surface area contributed by atoms with Crippen LogP contribution in [0.25, 0.3) is 0 Å². The van der Waals surface area contributed by atoms with Crippen LogP contribution in [0.2, 0.25) is 0 Å². The normalized spacial score (nSPS) is 22.1. The molecule has 7 nitrogen and oxygen atoms in total. The smallest absolute Gasteiger partial charge is 0.354 e. The summed E-state index contributed by atoms with van der Waals surface area (Å²) in [4.78, 5) is 14.8. The van der Waals surface area contributed by atoms with Gasteiger partial charge < -0.3 is 10.4 Å². The van der Waals surface area contributed by atoms with Crippen molar-refractivity contribution in [2.24, 2.45) is 5.92 Å². The van der Waals surface area contributed by atoms with Gasteiger partial charge in [-0.1, -0.05) is 12.5 Å². The van der Waals surface area contributed by atoms with Gasteiger partial charge in [0.25, 0.3) is 0 Å². The Balaban J connectivity index is 1.96. The van der Waals surface area contributed by atoms with Gasteiger partial charge in [-0.05, 0) is 30.9 Å². The summed E-state index contributed by atoms with van der Waals surface area (Å²) in [6, 6.07) is 4.67. The zero-order valence-corrected chi connectivity index (χ0v) is 12.6. The van der Waals surface area contributed by atoms with Crippen molar-refractivity contribution in [1.29, 1.82) is 0 Å². The predicted octanol–water partition coefficient (Wildman–Crippen LogP) is 0.910. The van der Waals surface area contributed by atoms with Crippen molar-refractivity contribution in [3.05, 3.63) is 23.9 Å². The molecule has 1 saturated carbocycles. The first-order chi connectivity index (χ1) is 9.85. The van der Waals surface area contributed by atoms with Crippen LogP contribution >= 0.6 is 0 Å². The second kappa shape index (κ2) is 6.40. The second-order valence-electron chi connectivity index (χ2n) is 5.28. The van der Waals surface area contributed by atoms with Crippen LogP contribution < -0.4 is 10.0 Å². The average Bonchev–Trinajstić information content (AvgIpc) is 2.81.